The van der Waals surface area contributed by atoms with Crippen LogP contribution in [0.1, 0.15) is 37.8 Å². The monoisotopic (exact) mass is 340 g/mol. The lowest BCUT2D eigenvalue weighted by Crippen LogP contribution is -2.35. The van der Waals surface area contributed by atoms with Gasteiger partial charge in [0.2, 0.25) is 0 Å². The first-order chi connectivity index (χ1) is 12.0. The van der Waals surface area contributed by atoms with Crippen LogP contribution in [0.2, 0.25) is 0 Å². The molecule has 0 saturated heterocycles. The third-order valence-electron chi connectivity index (χ3n) is 3.74. The lowest BCUT2D eigenvalue weighted by Gasteiger charge is -2.11. The molecule has 2 N–H and O–H groups in total. The number of carbonyl (C=O) groups is 2. The summed E-state index contributed by atoms with van der Waals surface area (Å²) in [4.78, 5) is 24.1. The van der Waals surface area contributed by atoms with E-state index in [4.69, 9.17) is 4.74 Å². The minimum atomic E-state index is -0.717. The van der Waals surface area contributed by atoms with Gasteiger partial charge in [0, 0.05) is 6.54 Å². The van der Waals surface area contributed by atoms with Crippen molar-refractivity contribution in [3.63, 3.8) is 0 Å². The number of ether oxygens (including phenoxy) is 1. The number of hydrogen-bond acceptors (Lipinski definition) is 3. The zero-order valence-electron chi connectivity index (χ0n) is 14.8. The standard InChI is InChI=1S/C20H24N2O3/c1-4-25-18-8-6-5-7-17(18)22-20(24)19(23)21-13-15-9-11-16(12-10-15)14(2)3/h5-12,14H,4,13H2,1-3H3,(H,21,23)(H,22,24). The number of benzene rings is 2. The SMILES string of the molecule is CCOc1ccccc1NC(=O)C(=O)NCc1ccc(C(C)C)cc1. The maximum Gasteiger partial charge on any atom is 0.313 e. The fraction of sp³-hybridized carbons (Fsp3) is 0.300. The summed E-state index contributed by atoms with van der Waals surface area (Å²) in [5.74, 6) is -0.402. The van der Waals surface area contributed by atoms with E-state index in [0.717, 1.165) is 5.56 Å². The minimum absolute atomic E-state index is 0.303. The molecule has 25 heavy (non-hydrogen) atoms. The summed E-state index contributed by atoms with van der Waals surface area (Å²) >= 11 is 0. The van der Waals surface area contributed by atoms with Crippen LogP contribution in [-0.4, -0.2) is 18.4 Å². The van der Waals surface area contributed by atoms with Crippen LogP contribution in [0, 0.1) is 0 Å². The van der Waals surface area contributed by atoms with E-state index in [1.54, 1.807) is 18.2 Å². The summed E-state index contributed by atoms with van der Waals surface area (Å²) in [7, 11) is 0. The Bertz CT molecular complexity index is 724. The Labute approximate surface area is 148 Å². The van der Waals surface area contributed by atoms with Crippen LogP contribution in [0.4, 0.5) is 5.69 Å². The number of anilines is 1. The van der Waals surface area contributed by atoms with Crippen LogP contribution in [0.3, 0.4) is 0 Å². The first kappa shape index (κ1) is 18.5. The van der Waals surface area contributed by atoms with Crippen molar-refractivity contribution in [1.29, 1.82) is 0 Å². The molecule has 5 nitrogen and oxygen atoms in total. The van der Waals surface area contributed by atoms with Crippen LogP contribution < -0.4 is 15.4 Å². The molecule has 0 aliphatic carbocycles. The van der Waals surface area contributed by atoms with Gasteiger partial charge in [-0.3, -0.25) is 9.59 Å². The second kappa shape index (κ2) is 8.87. The van der Waals surface area contributed by atoms with Gasteiger partial charge in [0.25, 0.3) is 0 Å². The Hall–Kier alpha value is -2.82. The minimum Gasteiger partial charge on any atom is -0.492 e. The summed E-state index contributed by atoms with van der Waals surface area (Å²) in [6.45, 7) is 6.89. The molecule has 0 fully saturated rings. The van der Waals surface area contributed by atoms with E-state index in [1.165, 1.54) is 5.56 Å². The van der Waals surface area contributed by atoms with Crippen molar-refractivity contribution in [3.05, 3.63) is 59.7 Å². The maximum atomic E-state index is 12.1. The van der Waals surface area contributed by atoms with Crippen LogP contribution in [0.15, 0.2) is 48.5 Å². The predicted molar refractivity (Wildman–Crippen MR) is 98.6 cm³/mol. The largest absolute Gasteiger partial charge is 0.492 e. The number of nitrogens with one attached hydrogen (secondary N) is 2. The summed E-state index contributed by atoms with van der Waals surface area (Å²) < 4.78 is 5.43. The van der Waals surface area contributed by atoms with Gasteiger partial charge in [-0.25, -0.2) is 0 Å². The molecule has 132 valence electrons. The van der Waals surface area contributed by atoms with Gasteiger partial charge in [-0.15, -0.1) is 0 Å². The lowest BCUT2D eigenvalue weighted by atomic mass is 10.0. The normalized spacial score (nSPS) is 10.4. The molecule has 0 spiro atoms. The molecule has 0 unspecified atom stereocenters. The third-order valence-corrected chi connectivity index (χ3v) is 3.74. The second-order valence-corrected chi connectivity index (χ2v) is 5.96. The van der Waals surface area contributed by atoms with Crippen LogP contribution in [0.25, 0.3) is 0 Å². The Morgan fingerprint density at radius 3 is 2.32 bits per heavy atom. The number of amides is 2. The van der Waals surface area contributed by atoms with Crippen molar-refractivity contribution < 1.29 is 14.3 Å². The number of hydrogen-bond donors (Lipinski definition) is 2. The predicted octanol–water partition coefficient (Wildman–Crippen LogP) is 3.46. The zero-order chi connectivity index (χ0) is 18.2. The quantitative estimate of drug-likeness (QED) is 0.791. The first-order valence-corrected chi connectivity index (χ1v) is 8.41. The molecule has 0 saturated carbocycles. The number of rotatable bonds is 6. The fourth-order valence-corrected chi connectivity index (χ4v) is 2.31. The van der Waals surface area contributed by atoms with Gasteiger partial charge in [-0.1, -0.05) is 50.2 Å². The fourth-order valence-electron chi connectivity index (χ4n) is 2.31. The third kappa shape index (κ3) is 5.35. The first-order valence-electron chi connectivity index (χ1n) is 8.41. The highest BCUT2D eigenvalue weighted by Gasteiger charge is 2.15. The molecule has 0 aliphatic heterocycles. The number of carbonyl (C=O) groups excluding carboxylic acids is 2. The van der Waals surface area contributed by atoms with Crippen LogP contribution >= 0.6 is 0 Å². The van der Waals surface area contributed by atoms with E-state index in [0.29, 0.717) is 30.5 Å². The van der Waals surface area contributed by atoms with E-state index in [2.05, 4.69) is 24.5 Å². The van der Waals surface area contributed by atoms with Crippen molar-refractivity contribution in [2.45, 2.75) is 33.2 Å². The summed E-state index contributed by atoms with van der Waals surface area (Å²) in [5.41, 5.74) is 2.66. The van der Waals surface area contributed by atoms with Gasteiger partial charge in [-0.2, -0.15) is 0 Å². The summed E-state index contributed by atoms with van der Waals surface area (Å²) in [6.07, 6.45) is 0. The average Bonchev–Trinajstić information content (AvgIpc) is 2.61. The molecule has 2 aromatic rings. The van der Waals surface area contributed by atoms with E-state index < -0.39 is 11.8 Å². The second-order valence-electron chi connectivity index (χ2n) is 5.96. The summed E-state index contributed by atoms with van der Waals surface area (Å²) in [5, 5.41) is 5.21. The van der Waals surface area contributed by atoms with Gasteiger partial charge in [-0.05, 0) is 36.1 Å². The van der Waals surface area contributed by atoms with Gasteiger partial charge < -0.3 is 15.4 Å². The van der Waals surface area contributed by atoms with Gasteiger partial charge >= 0.3 is 11.8 Å². The Morgan fingerprint density at radius 2 is 1.68 bits per heavy atom. The molecule has 0 bridgehead atoms. The van der Waals surface area contributed by atoms with E-state index in [1.807, 2.05) is 37.3 Å². The zero-order valence-corrected chi connectivity index (χ0v) is 14.8. The van der Waals surface area contributed by atoms with E-state index in [9.17, 15) is 9.59 Å². The maximum absolute atomic E-state index is 12.1. The highest BCUT2D eigenvalue weighted by molar-refractivity contribution is 6.39. The molecule has 0 radical (unpaired) electrons. The smallest absolute Gasteiger partial charge is 0.313 e. The Balaban J connectivity index is 1.91. The van der Waals surface area contributed by atoms with Crippen molar-refractivity contribution in [1.82, 2.24) is 5.32 Å². The molecule has 0 aromatic heterocycles. The van der Waals surface area contributed by atoms with Crippen molar-refractivity contribution in [2.24, 2.45) is 0 Å². The van der Waals surface area contributed by atoms with Crippen molar-refractivity contribution in [3.8, 4) is 5.75 Å². The molecule has 0 heterocycles. The molecule has 0 aliphatic rings. The van der Waals surface area contributed by atoms with Gasteiger partial charge in [0.15, 0.2) is 0 Å². The topological polar surface area (TPSA) is 67.4 Å². The van der Waals surface area contributed by atoms with Gasteiger partial charge in [0.05, 0.1) is 12.3 Å². The summed E-state index contributed by atoms with van der Waals surface area (Å²) in [6, 6.07) is 15.0. The molecule has 2 aromatic carbocycles. The Kier molecular flexibility index (Phi) is 6.57. The molecule has 2 amide bonds. The highest BCUT2D eigenvalue weighted by atomic mass is 16.5. The van der Waals surface area contributed by atoms with Crippen molar-refractivity contribution >= 4 is 17.5 Å². The van der Waals surface area contributed by atoms with Crippen molar-refractivity contribution in [2.75, 3.05) is 11.9 Å². The average molecular weight is 340 g/mol. The molecular formula is C20H24N2O3. The van der Waals surface area contributed by atoms with Crippen LogP contribution in [-0.2, 0) is 16.1 Å². The van der Waals surface area contributed by atoms with Crippen LogP contribution in [0.5, 0.6) is 5.75 Å². The van der Waals surface area contributed by atoms with E-state index in [-0.39, 0.29) is 0 Å². The molecule has 5 heteroatoms. The molecule has 0 atom stereocenters. The highest BCUT2D eigenvalue weighted by Crippen LogP contribution is 2.23. The lowest BCUT2D eigenvalue weighted by molar-refractivity contribution is -0.136. The molecular weight excluding hydrogens is 316 g/mol. The molecule has 2 rings (SSSR count). The van der Waals surface area contributed by atoms with Gasteiger partial charge in [0.1, 0.15) is 5.75 Å². The Morgan fingerprint density at radius 1 is 1.00 bits per heavy atom. The number of para-hydroxylation sites is 2. The van der Waals surface area contributed by atoms with E-state index >= 15 is 0 Å².